The Morgan fingerprint density at radius 2 is 2.04 bits per heavy atom. The molecule has 126 valence electrons. The van der Waals surface area contributed by atoms with E-state index in [1.807, 2.05) is 0 Å². The second-order valence-electron chi connectivity index (χ2n) is 4.97. The molecule has 2 rings (SSSR count). The van der Waals surface area contributed by atoms with Gasteiger partial charge in [-0.05, 0) is 12.8 Å². The normalized spacial score (nSPS) is 17.7. The molecular formula is C13H14ClF3N4O2. The van der Waals surface area contributed by atoms with Crippen molar-refractivity contribution in [2.45, 2.75) is 24.9 Å². The van der Waals surface area contributed by atoms with Gasteiger partial charge >= 0.3 is 6.18 Å². The first kappa shape index (κ1) is 17.5. The largest absolute Gasteiger partial charge is 0.431 e. The number of ether oxygens (including phenoxy) is 1. The van der Waals surface area contributed by atoms with Crippen molar-refractivity contribution in [3.05, 3.63) is 32.6 Å². The standard InChI is InChI=1S/C13H14ClF3N4O2/c14-8-9(6-1-3-23-4-2-6)20-11(21-12(8)22)7(5-18)10(19)13(15,16)17/h5-6,18H,1-4,19H2,(H,20,21,22)/b10-7+,18-5?. The fourth-order valence-electron chi connectivity index (χ4n) is 2.27. The molecule has 1 aliphatic heterocycles. The number of hydrogen-bond donors (Lipinski definition) is 3. The van der Waals surface area contributed by atoms with Crippen molar-refractivity contribution in [1.29, 1.82) is 5.41 Å². The summed E-state index contributed by atoms with van der Waals surface area (Å²) in [5.74, 6) is -0.623. The molecule has 1 aromatic heterocycles. The lowest BCUT2D eigenvalue weighted by Gasteiger charge is -2.22. The topological polar surface area (TPSA) is 105 Å². The molecule has 10 heteroatoms. The molecule has 0 aliphatic carbocycles. The number of aromatic nitrogens is 2. The molecule has 0 bridgehead atoms. The predicted molar refractivity (Wildman–Crippen MR) is 78.6 cm³/mol. The molecular weight excluding hydrogens is 337 g/mol. The Labute approximate surface area is 134 Å². The lowest BCUT2D eigenvalue weighted by atomic mass is 9.96. The Kier molecular flexibility index (Phi) is 5.10. The molecule has 23 heavy (non-hydrogen) atoms. The Bertz CT molecular complexity index is 693. The van der Waals surface area contributed by atoms with Crippen molar-refractivity contribution in [3.8, 4) is 0 Å². The summed E-state index contributed by atoms with van der Waals surface area (Å²) in [7, 11) is 0. The van der Waals surface area contributed by atoms with Gasteiger partial charge in [0, 0.05) is 25.3 Å². The van der Waals surface area contributed by atoms with Gasteiger partial charge in [-0.15, -0.1) is 0 Å². The first-order valence-electron chi connectivity index (χ1n) is 6.71. The number of allylic oxidation sites excluding steroid dienone is 2. The molecule has 0 atom stereocenters. The van der Waals surface area contributed by atoms with E-state index in [0.717, 1.165) is 0 Å². The molecule has 0 radical (unpaired) electrons. The van der Waals surface area contributed by atoms with Gasteiger partial charge in [0.05, 0.1) is 11.3 Å². The molecule has 4 N–H and O–H groups in total. The summed E-state index contributed by atoms with van der Waals surface area (Å²) < 4.78 is 43.5. The van der Waals surface area contributed by atoms with E-state index in [9.17, 15) is 18.0 Å². The van der Waals surface area contributed by atoms with E-state index in [4.69, 9.17) is 27.5 Å². The summed E-state index contributed by atoms with van der Waals surface area (Å²) in [6, 6.07) is 0. The molecule has 2 heterocycles. The third-order valence-electron chi connectivity index (χ3n) is 3.49. The highest BCUT2D eigenvalue weighted by atomic mass is 35.5. The van der Waals surface area contributed by atoms with E-state index in [2.05, 4.69) is 9.97 Å². The van der Waals surface area contributed by atoms with Crippen molar-refractivity contribution in [3.63, 3.8) is 0 Å². The fourth-order valence-corrected chi connectivity index (χ4v) is 2.52. The number of halogens is 4. The van der Waals surface area contributed by atoms with Crippen LogP contribution in [0.5, 0.6) is 0 Å². The van der Waals surface area contributed by atoms with Crippen LogP contribution in [0, 0.1) is 5.41 Å². The quantitative estimate of drug-likeness (QED) is 0.727. The molecule has 0 amide bonds. The number of nitrogens with zero attached hydrogens (tertiary/aromatic N) is 1. The van der Waals surface area contributed by atoms with Crippen LogP contribution in [0.25, 0.3) is 5.57 Å². The average Bonchev–Trinajstić information content (AvgIpc) is 2.51. The lowest BCUT2D eigenvalue weighted by molar-refractivity contribution is -0.0919. The predicted octanol–water partition coefficient (Wildman–Crippen LogP) is 2.20. The smallest absolute Gasteiger partial charge is 0.394 e. The Morgan fingerprint density at radius 1 is 1.43 bits per heavy atom. The second-order valence-corrected chi connectivity index (χ2v) is 5.35. The zero-order valence-corrected chi connectivity index (χ0v) is 12.6. The molecule has 6 nitrogen and oxygen atoms in total. The third kappa shape index (κ3) is 3.73. The van der Waals surface area contributed by atoms with Crippen molar-refractivity contribution in [1.82, 2.24) is 9.97 Å². The molecule has 0 aromatic carbocycles. The summed E-state index contributed by atoms with van der Waals surface area (Å²) in [4.78, 5) is 18.1. The molecule has 1 fully saturated rings. The van der Waals surface area contributed by atoms with Crippen molar-refractivity contribution >= 4 is 23.4 Å². The zero-order valence-electron chi connectivity index (χ0n) is 11.8. The van der Waals surface area contributed by atoms with Gasteiger partial charge in [-0.3, -0.25) is 4.79 Å². The van der Waals surface area contributed by atoms with Crippen molar-refractivity contribution in [2.75, 3.05) is 13.2 Å². The summed E-state index contributed by atoms with van der Waals surface area (Å²) in [5.41, 5.74) is 2.26. The Morgan fingerprint density at radius 3 is 2.57 bits per heavy atom. The van der Waals surface area contributed by atoms with Crippen LogP contribution >= 0.6 is 11.6 Å². The maximum atomic E-state index is 12.8. The van der Waals surface area contributed by atoms with E-state index < -0.39 is 28.8 Å². The van der Waals surface area contributed by atoms with Crippen LogP contribution in [-0.4, -0.2) is 35.6 Å². The number of alkyl halides is 3. The van der Waals surface area contributed by atoms with Crippen molar-refractivity contribution < 1.29 is 17.9 Å². The van der Waals surface area contributed by atoms with Gasteiger partial charge in [0.15, 0.2) is 0 Å². The van der Waals surface area contributed by atoms with Gasteiger partial charge in [-0.25, -0.2) is 4.98 Å². The van der Waals surface area contributed by atoms with Gasteiger partial charge in [-0.2, -0.15) is 13.2 Å². The zero-order chi connectivity index (χ0) is 17.2. The van der Waals surface area contributed by atoms with E-state index in [-0.39, 0.29) is 16.6 Å². The minimum Gasteiger partial charge on any atom is -0.394 e. The average molecular weight is 351 g/mol. The van der Waals surface area contributed by atoms with E-state index in [1.165, 1.54) is 0 Å². The minimum atomic E-state index is -4.84. The molecule has 1 aromatic rings. The van der Waals surface area contributed by atoms with Gasteiger partial charge in [0.1, 0.15) is 16.5 Å². The fraction of sp³-hybridized carbons (Fsp3) is 0.462. The summed E-state index contributed by atoms with van der Waals surface area (Å²) in [5, 5.41) is 7.00. The molecule has 1 aliphatic rings. The number of aromatic amines is 1. The van der Waals surface area contributed by atoms with Crippen LogP contribution in [-0.2, 0) is 4.74 Å². The van der Waals surface area contributed by atoms with Gasteiger partial charge in [0.25, 0.3) is 5.56 Å². The lowest BCUT2D eigenvalue weighted by Crippen LogP contribution is -2.25. The van der Waals surface area contributed by atoms with Crippen LogP contribution in [0.3, 0.4) is 0 Å². The highest BCUT2D eigenvalue weighted by Gasteiger charge is 2.35. The summed E-state index contributed by atoms with van der Waals surface area (Å²) in [6.07, 6.45) is -3.34. The number of hydrogen-bond acceptors (Lipinski definition) is 5. The van der Waals surface area contributed by atoms with Gasteiger partial charge in [-0.1, -0.05) is 11.6 Å². The van der Waals surface area contributed by atoms with E-state index in [0.29, 0.717) is 32.3 Å². The van der Waals surface area contributed by atoms with Gasteiger partial charge < -0.3 is 20.9 Å². The maximum Gasteiger partial charge on any atom is 0.431 e. The van der Waals surface area contributed by atoms with Gasteiger partial charge in [0.2, 0.25) is 0 Å². The number of nitrogens with two attached hydrogens (primary N) is 1. The SMILES string of the molecule is N=C/C(=C(\N)C(F)(F)F)c1nc(C2CCOCC2)c(Cl)c(=O)[nH]1. The van der Waals surface area contributed by atoms with Crippen molar-refractivity contribution in [2.24, 2.45) is 5.73 Å². The number of nitrogens with one attached hydrogen (secondary N) is 2. The Balaban J connectivity index is 2.58. The van der Waals surface area contributed by atoms with E-state index in [1.54, 1.807) is 0 Å². The molecule has 0 unspecified atom stereocenters. The molecule has 1 saturated heterocycles. The third-order valence-corrected chi connectivity index (χ3v) is 3.86. The van der Waals surface area contributed by atoms with Crippen LogP contribution in [0.4, 0.5) is 13.2 Å². The highest BCUT2D eigenvalue weighted by molar-refractivity contribution is 6.31. The first-order chi connectivity index (χ1) is 10.8. The summed E-state index contributed by atoms with van der Waals surface area (Å²) in [6.45, 7) is 0.894. The van der Waals surface area contributed by atoms with Crippen LogP contribution < -0.4 is 11.3 Å². The first-order valence-corrected chi connectivity index (χ1v) is 7.08. The highest BCUT2D eigenvalue weighted by Crippen LogP contribution is 2.31. The number of rotatable bonds is 3. The monoisotopic (exact) mass is 350 g/mol. The number of H-pyrrole nitrogens is 1. The second kappa shape index (κ2) is 6.71. The summed E-state index contributed by atoms with van der Waals surface area (Å²) >= 11 is 5.94. The Hall–Kier alpha value is -1.87. The maximum absolute atomic E-state index is 12.8. The molecule has 0 saturated carbocycles. The van der Waals surface area contributed by atoms with Crippen LogP contribution in [0.2, 0.25) is 5.02 Å². The van der Waals surface area contributed by atoms with Crippen LogP contribution in [0.1, 0.15) is 30.3 Å². The molecule has 0 spiro atoms. The van der Waals surface area contributed by atoms with E-state index >= 15 is 0 Å². The minimum absolute atomic E-state index is 0.171. The van der Waals surface area contributed by atoms with Crippen LogP contribution in [0.15, 0.2) is 10.5 Å².